The molecule has 226 valence electrons. The number of piperidine rings is 1. The molecule has 2 aromatic rings. The zero-order chi connectivity index (χ0) is 30.0. The number of hydrogen-bond donors (Lipinski definition) is 0. The molecule has 3 aliphatic rings. The third-order valence-electron chi connectivity index (χ3n) is 8.72. The number of carbonyl (C=O) groups is 3. The lowest BCUT2D eigenvalue weighted by Gasteiger charge is -2.32. The van der Waals surface area contributed by atoms with Crippen molar-refractivity contribution in [2.45, 2.75) is 39.2 Å². The Bertz CT molecular complexity index is 1300. The second-order valence-electron chi connectivity index (χ2n) is 11.6. The molecule has 0 radical (unpaired) electrons. The first-order valence-electron chi connectivity index (χ1n) is 14.6. The fourth-order valence-corrected chi connectivity index (χ4v) is 6.74. The number of ether oxygens (including phenoxy) is 1. The molecule has 3 heterocycles. The van der Waals surface area contributed by atoms with Crippen LogP contribution >= 0.6 is 23.2 Å². The van der Waals surface area contributed by atoms with Crippen molar-refractivity contribution in [2.24, 2.45) is 11.8 Å². The molecule has 8 nitrogen and oxygen atoms in total. The van der Waals surface area contributed by atoms with E-state index in [-0.39, 0.29) is 28.5 Å². The number of carbonyl (C=O) groups excluding carboxylic acids is 3. The molecule has 2 atom stereocenters. The van der Waals surface area contributed by atoms with Crippen molar-refractivity contribution < 1.29 is 23.5 Å². The van der Waals surface area contributed by atoms with Gasteiger partial charge in [0.1, 0.15) is 11.9 Å². The Hall–Kier alpha value is -2.88. The van der Waals surface area contributed by atoms with E-state index in [1.54, 1.807) is 27.7 Å². The zero-order valence-corrected chi connectivity index (χ0v) is 25.5. The monoisotopic (exact) mass is 618 g/mol. The van der Waals surface area contributed by atoms with E-state index < -0.39 is 11.9 Å². The maximum atomic E-state index is 14.3. The molecule has 3 fully saturated rings. The molecular formula is C31H37Cl2FN4O4. The summed E-state index contributed by atoms with van der Waals surface area (Å²) < 4.78 is 20.2. The van der Waals surface area contributed by atoms with Crippen LogP contribution in [-0.4, -0.2) is 91.1 Å². The molecule has 0 aromatic heterocycles. The molecule has 11 heteroatoms. The van der Waals surface area contributed by atoms with Crippen LogP contribution in [0.2, 0.25) is 10.0 Å². The minimum absolute atomic E-state index is 0.0375. The quantitative estimate of drug-likeness (QED) is 0.410. The summed E-state index contributed by atoms with van der Waals surface area (Å²) in [5, 5.41) is 0.723. The lowest BCUT2D eigenvalue weighted by molar-refractivity contribution is -0.130. The molecule has 5 rings (SSSR count). The fourth-order valence-electron chi connectivity index (χ4n) is 6.32. The van der Waals surface area contributed by atoms with Crippen LogP contribution in [0.1, 0.15) is 42.1 Å². The third-order valence-corrected chi connectivity index (χ3v) is 9.45. The highest BCUT2D eigenvalue weighted by Gasteiger charge is 2.42. The van der Waals surface area contributed by atoms with Crippen LogP contribution in [-0.2, 0) is 9.53 Å². The lowest BCUT2D eigenvalue weighted by atomic mass is 10.0. The zero-order valence-electron chi connectivity index (χ0n) is 24.0. The van der Waals surface area contributed by atoms with Crippen LogP contribution < -0.4 is 4.90 Å². The Kier molecular flexibility index (Phi) is 9.60. The third kappa shape index (κ3) is 6.84. The average molecular weight is 620 g/mol. The molecule has 0 aliphatic carbocycles. The highest BCUT2D eigenvalue weighted by atomic mass is 35.5. The van der Waals surface area contributed by atoms with Gasteiger partial charge in [0.15, 0.2) is 0 Å². The maximum Gasteiger partial charge on any atom is 0.414 e. The Morgan fingerprint density at radius 2 is 1.67 bits per heavy atom. The molecule has 3 amide bonds. The highest BCUT2D eigenvalue weighted by Crippen LogP contribution is 2.33. The van der Waals surface area contributed by atoms with Crippen LogP contribution in [0.5, 0.6) is 0 Å². The summed E-state index contributed by atoms with van der Waals surface area (Å²) in [6, 6.07) is 9.87. The minimum Gasteiger partial charge on any atom is -0.446 e. The van der Waals surface area contributed by atoms with Crippen LogP contribution in [0.4, 0.5) is 14.9 Å². The summed E-state index contributed by atoms with van der Waals surface area (Å²) >= 11 is 12.5. The van der Waals surface area contributed by atoms with Gasteiger partial charge in [0.2, 0.25) is 5.91 Å². The van der Waals surface area contributed by atoms with Crippen molar-refractivity contribution in [3.05, 3.63) is 63.4 Å². The average Bonchev–Trinajstić information content (AvgIpc) is 3.52. The van der Waals surface area contributed by atoms with Gasteiger partial charge < -0.3 is 19.4 Å². The number of rotatable bonds is 7. The molecule has 0 spiro atoms. The summed E-state index contributed by atoms with van der Waals surface area (Å²) in [4.78, 5) is 45.5. The van der Waals surface area contributed by atoms with Crippen molar-refractivity contribution in [2.75, 3.05) is 57.3 Å². The van der Waals surface area contributed by atoms with Crippen molar-refractivity contribution in [3.8, 4) is 0 Å². The molecule has 2 unspecified atom stereocenters. The van der Waals surface area contributed by atoms with Crippen LogP contribution in [0.3, 0.4) is 0 Å². The van der Waals surface area contributed by atoms with E-state index in [9.17, 15) is 18.8 Å². The van der Waals surface area contributed by atoms with Crippen molar-refractivity contribution in [1.82, 2.24) is 14.7 Å². The number of benzene rings is 2. The van der Waals surface area contributed by atoms with E-state index >= 15 is 0 Å². The van der Waals surface area contributed by atoms with Crippen LogP contribution in [0.15, 0.2) is 36.4 Å². The van der Waals surface area contributed by atoms with Crippen molar-refractivity contribution in [3.63, 3.8) is 0 Å². The summed E-state index contributed by atoms with van der Waals surface area (Å²) in [6.45, 7) is 8.73. The predicted molar refractivity (Wildman–Crippen MR) is 161 cm³/mol. The van der Waals surface area contributed by atoms with Gasteiger partial charge in [0.05, 0.1) is 10.6 Å². The highest BCUT2D eigenvalue weighted by molar-refractivity contribution is 6.33. The van der Waals surface area contributed by atoms with Gasteiger partial charge in [0, 0.05) is 76.3 Å². The number of anilines is 1. The molecule has 2 aromatic carbocycles. The standard InChI is InChI=1S/C31H37Cl2FN4O4/c1-20-7-8-24(15-27(20)33)38(31(41)42-25-9-13-36(14-10-25)21(2)39)12-4-11-35-16-22-18-37(19-23(22)17-35)30(40)29-26(32)5-3-6-28(29)34/h3,5-8,15,22-23,25H,4,9-14,16-19H2,1-2H3. The number of likely N-dealkylation sites (tertiary alicyclic amines) is 3. The normalized spacial score (nSPS) is 21.0. The van der Waals surface area contributed by atoms with E-state index in [2.05, 4.69) is 4.90 Å². The van der Waals surface area contributed by atoms with Crippen molar-refractivity contribution >= 4 is 46.8 Å². The van der Waals surface area contributed by atoms with Gasteiger partial charge in [0.25, 0.3) is 5.91 Å². The smallest absolute Gasteiger partial charge is 0.414 e. The minimum atomic E-state index is -0.592. The summed E-state index contributed by atoms with van der Waals surface area (Å²) in [5.41, 5.74) is 1.57. The van der Waals surface area contributed by atoms with E-state index in [4.69, 9.17) is 27.9 Å². The maximum absolute atomic E-state index is 14.3. The SMILES string of the molecule is CC(=O)N1CCC(OC(=O)N(CCCN2CC3CN(C(=O)c4c(F)cccc4Cl)CC3C2)c2ccc(C)c(Cl)c2)CC1. The number of aryl methyl sites for hydroxylation is 1. The molecule has 0 saturated carbocycles. The first-order chi connectivity index (χ1) is 20.1. The van der Waals surface area contributed by atoms with Crippen LogP contribution in [0, 0.1) is 24.6 Å². The van der Waals surface area contributed by atoms with E-state index in [0.717, 1.165) is 31.6 Å². The van der Waals surface area contributed by atoms with Gasteiger partial charge in [-0.25, -0.2) is 9.18 Å². The Morgan fingerprint density at radius 1 is 0.976 bits per heavy atom. The number of amides is 3. The second kappa shape index (κ2) is 13.2. The Balaban J connectivity index is 1.15. The first kappa shape index (κ1) is 30.6. The fraction of sp³-hybridized carbons (Fsp3) is 0.516. The second-order valence-corrected chi connectivity index (χ2v) is 12.4. The van der Waals surface area contributed by atoms with E-state index in [0.29, 0.717) is 68.1 Å². The number of halogens is 3. The number of fused-ring (bicyclic) bond motifs is 1. The van der Waals surface area contributed by atoms with Crippen molar-refractivity contribution in [1.29, 1.82) is 0 Å². The molecule has 0 N–H and O–H groups in total. The van der Waals surface area contributed by atoms with Crippen LogP contribution in [0.25, 0.3) is 0 Å². The summed E-state index contributed by atoms with van der Waals surface area (Å²) in [7, 11) is 0. The first-order valence-corrected chi connectivity index (χ1v) is 15.3. The predicted octanol–water partition coefficient (Wildman–Crippen LogP) is 5.49. The van der Waals surface area contributed by atoms with E-state index in [1.807, 2.05) is 19.1 Å². The van der Waals surface area contributed by atoms with Gasteiger partial charge in [-0.3, -0.25) is 14.5 Å². The largest absolute Gasteiger partial charge is 0.446 e. The Labute approximate surface area is 256 Å². The number of hydrogen-bond acceptors (Lipinski definition) is 5. The van der Waals surface area contributed by atoms with Gasteiger partial charge in [-0.1, -0.05) is 35.3 Å². The van der Waals surface area contributed by atoms with E-state index in [1.165, 1.54) is 18.2 Å². The molecule has 0 bridgehead atoms. The van der Waals surface area contributed by atoms with Gasteiger partial charge >= 0.3 is 6.09 Å². The molecule has 42 heavy (non-hydrogen) atoms. The van der Waals surface area contributed by atoms with Gasteiger partial charge in [-0.2, -0.15) is 0 Å². The Morgan fingerprint density at radius 3 is 2.29 bits per heavy atom. The molecule has 3 saturated heterocycles. The lowest BCUT2D eigenvalue weighted by Crippen LogP contribution is -2.43. The summed E-state index contributed by atoms with van der Waals surface area (Å²) in [6.07, 6.45) is 1.32. The summed E-state index contributed by atoms with van der Waals surface area (Å²) in [5.74, 6) is -0.271. The topological polar surface area (TPSA) is 73.4 Å². The van der Waals surface area contributed by atoms with Gasteiger partial charge in [-0.05, 0) is 61.6 Å². The molecular weight excluding hydrogens is 582 g/mol. The number of nitrogens with zero attached hydrogens (tertiary/aromatic N) is 4. The molecule has 3 aliphatic heterocycles. The van der Waals surface area contributed by atoms with Gasteiger partial charge in [-0.15, -0.1) is 0 Å².